The molecule has 4 heteroatoms. The summed E-state index contributed by atoms with van der Waals surface area (Å²) in [4.78, 5) is 15.0. The summed E-state index contributed by atoms with van der Waals surface area (Å²) in [5.41, 5.74) is 2.01. The van der Waals surface area contributed by atoms with Crippen molar-refractivity contribution in [1.29, 1.82) is 0 Å². The third-order valence-corrected chi connectivity index (χ3v) is 5.13. The maximum absolute atomic E-state index is 12.6. The van der Waals surface area contributed by atoms with Crippen molar-refractivity contribution in [1.82, 2.24) is 10.2 Å². The Kier molecular flexibility index (Phi) is 3.59. The summed E-state index contributed by atoms with van der Waals surface area (Å²) in [6, 6.07) is 5.70. The molecule has 0 saturated carbocycles. The van der Waals surface area contributed by atoms with Gasteiger partial charge in [0.25, 0.3) is 5.91 Å². The monoisotopic (exact) mass is 308 g/mol. The van der Waals surface area contributed by atoms with Gasteiger partial charge in [0.2, 0.25) is 0 Å². The van der Waals surface area contributed by atoms with Crippen LogP contribution in [0.4, 0.5) is 0 Å². The van der Waals surface area contributed by atoms with E-state index in [0.717, 1.165) is 29.8 Å². The number of hydrogen-bond donors (Lipinski definition) is 1. The van der Waals surface area contributed by atoms with Gasteiger partial charge in [-0.2, -0.15) is 0 Å². The van der Waals surface area contributed by atoms with Gasteiger partial charge in [-0.25, -0.2) is 0 Å². The number of furan rings is 1. The first-order valence-electron chi connectivity index (χ1n) is 8.24. The van der Waals surface area contributed by atoms with E-state index in [1.807, 2.05) is 12.1 Å². The molecule has 2 aromatic rings. The zero-order valence-corrected chi connectivity index (χ0v) is 13.0. The number of terminal acetylenes is 1. The number of benzene rings is 1. The van der Waals surface area contributed by atoms with Crippen LogP contribution in [-0.2, 0) is 0 Å². The number of piperidine rings is 1. The lowest BCUT2D eigenvalue weighted by Crippen LogP contribution is -2.41. The molecule has 1 aromatic heterocycles. The number of nitrogens with zero attached hydrogens (tertiary/aromatic N) is 1. The second kappa shape index (κ2) is 5.75. The molecule has 0 spiro atoms. The van der Waals surface area contributed by atoms with E-state index in [1.165, 1.54) is 25.9 Å². The van der Waals surface area contributed by atoms with Crippen LogP contribution in [0.1, 0.15) is 35.2 Å². The summed E-state index contributed by atoms with van der Waals surface area (Å²) in [5.74, 6) is 3.31. The van der Waals surface area contributed by atoms with Gasteiger partial charge in [0, 0.05) is 23.5 Å². The highest BCUT2D eigenvalue weighted by Gasteiger charge is 2.30. The second-order valence-electron chi connectivity index (χ2n) is 6.65. The Labute approximate surface area is 135 Å². The molecule has 0 aliphatic carbocycles. The highest BCUT2D eigenvalue weighted by atomic mass is 16.3. The lowest BCUT2D eigenvalue weighted by Gasteiger charge is -2.26. The molecule has 118 valence electrons. The molecule has 23 heavy (non-hydrogen) atoms. The molecule has 1 amide bonds. The molecule has 3 aliphatic rings. The van der Waals surface area contributed by atoms with E-state index in [4.69, 9.17) is 10.8 Å². The number of carbonyl (C=O) groups excluding carboxylic acids is 1. The normalized spacial score (nSPS) is 26.7. The van der Waals surface area contributed by atoms with E-state index >= 15 is 0 Å². The molecule has 0 radical (unpaired) electrons. The minimum atomic E-state index is -0.0296. The largest absolute Gasteiger partial charge is 0.463 e. The van der Waals surface area contributed by atoms with Crippen LogP contribution in [0.5, 0.6) is 0 Å². The van der Waals surface area contributed by atoms with Gasteiger partial charge in [0.05, 0.1) is 5.56 Å². The van der Waals surface area contributed by atoms with Crippen molar-refractivity contribution in [3.05, 3.63) is 35.6 Å². The van der Waals surface area contributed by atoms with Crippen LogP contribution < -0.4 is 5.32 Å². The number of rotatable bonds is 2. The Morgan fingerprint density at radius 3 is 2.96 bits per heavy atom. The number of amides is 1. The van der Waals surface area contributed by atoms with Crippen LogP contribution in [0.25, 0.3) is 11.0 Å². The van der Waals surface area contributed by atoms with E-state index in [9.17, 15) is 4.79 Å². The van der Waals surface area contributed by atoms with Gasteiger partial charge in [0.1, 0.15) is 11.8 Å². The standard InChI is InChI=1S/C19H20N2O2/c1-2-14-12-23-18-10-15(3-4-17(14)18)19(22)20-16-9-13-5-7-21(11-16)8-6-13/h1,3-4,10,12-13,16H,5-9,11H2,(H,20,22). The molecule has 4 nitrogen and oxygen atoms in total. The molecule has 1 aromatic carbocycles. The smallest absolute Gasteiger partial charge is 0.251 e. The highest BCUT2D eigenvalue weighted by molar-refractivity contribution is 5.98. The van der Waals surface area contributed by atoms with E-state index in [2.05, 4.69) is 16.1 Å². The van der Waals surface area contributed by atoms with Crippen molar-refractivity contribution in [2.45, 2.75) is 25.3 Å². The van der Waals surface area contributed by atoms with E-state index in [0.29, 0.717) is 11.1 Å². The SMILES string of the molecule is C#Cc1coc2cc(C(=O)NC3CC4CCN(CC4)C3)ccc12. The molecule has 3 fully saturated rings. The summed E-state index contributed by atoms with van der Waals surface area (Å²) >= 11 is 0. The Hall–Kier alpha value is -2.25. The van der Waals surface area contributed by atoms with E-state index in [1.54, 1.807) is 12.3 Å². The van der Waals surface area contributed by atoms with Gasteiger partial charge < -0.3 is 14.6 Å². The predicted molar refractivity (Wildman–Crippen MR) is 89.2 cm³/mol. The maximum Gasteiger partial charge on any atom is 0.251 e. The summed E-state index contributed by atoms with van der Waals surface area (Å²) in [7, 11) is 0. The minimum Gasteiger partial charge on any atom is -0.463 e. The lowest BCUT2D eigenvalue weighted by molar-refractivity contribution is 0.0929. The predicted octanol–water partition coefficient (Wildman–Crippen LogP) is 2.63. The number of fused-ring (bicyclic) bond motifs is 5. The molecule has 3 saturated heterocycles. The minimum absolute atomic E-state index is 0.0296. The van der Waals surface area contributed by atoms with Gasteiger partial charge in [-0.05, 0) is 56.5 Å². The fraction of sp³-hybridized carbons (Fsp3) is 0.421. The van der Waals surface area contributed by atoms with Crippen molar-refractivity contribution in [2.75, 3.05) is 19.6 Å². The molecular weight excluding hydrogens is 288 g/mol. The Morgan fingerprint density at radius 2 is 2.17 bits per heavy atom. The van der Waals surface area contributed by atoms with Gasteiger partial charge >= 0.3 is 0 Å². The second-order valence-corrected chi connectivity index (χ2v) is 6.65. The van der Waals surface area contributed by atoms with Crippen LogP contribution in [-0.4, -0.2) is 36.5 Å². The first kappa shape index (κ1) is 14.3. The third kappa shape index (κ3) is 2.73. The fourth-order valence-corrected chi connectivity index (χ4v) is 3.85. The highest BCUT2D eigenvalue weighted by Crippen LogP contribution is 2.27. The van der Waals surface area contributed by atoms with Crippen molar-refractivity contribution >= 4 is 16.9 Å². The summed E-state index contributed by atoms with van der Waals surface area (Å²) in [5, 5.41) is 4.08. The van der Waals surface area contributed by atoms with Crippen molar-refractivity contribution in [2.24, 2.45) is 5.92 Å². The molecule has 4 heterocycles. The molecule has 1 unspecified atom stereocenters. The Balaban J connectivity index is 1.51. The molecule has 2 bridgehead atoms. The van der Waals surface area contributed by atoms with Gasteiger partial charge in [0.15, 0.2) is 0 Å². The number of hydrogen-bond acceptors (Lipinski definition) is 3. The third-order valence-electron chi connectivity index (χ3n) is 5.13. The zero-order valence-electron chi connectivity index (χ0n) is 13.0. The summed E-state index contributed by atoms with van der Waals surface area (Å²) in [6.07, 6.45) is 10.6. The summed E-state index contributed by atoms with van der Waals surface area (Å²) < 4.78 is 5.45. The van der Waals surface area contributed by atoms with Gasteiger partial charge in [-0.15, -0.1) is 6.42 Å². The van der Waals surface area contributed by atoms with Crippen LogP contribution in [0, 0.1) is 18.3 Å². The fourth-order valence-electron chi connectivity index (χ4n) is 3.85. The van der Waals surface area contributed by atoms with Gasteiger partial charge in [-0.1, -0.05) is 5.92 Å². The van der Waals surface area contributed by atoms with Crippen molar-refractivity contribution in [3.8, 4) is 12.3 Å². The Morgan fingerprint density at radius 1 is 1.35 bits per heavy atom. The summed E-state index contributed by atoms with van der Waals surface area (Å²) in [6.45, 7) is 3.31. The molecule has 1 atom stereocenters. The molecule has 1 N–H and O–H groups in total. The maximum atomic E-state index is 12.6. The van der Waals surface area contributed by atoms with Crippen LogP contribution in [0.3, 0.4) is 0 Å². The molecule has 5 rings (SSSR count). The topological polar surface area (TPSA) is 45.5 Å². The zero-order chi connectivity index (χ0) is 15.8. The Bertz CT molecular complexity index is 764. The lowest BCUT2D eigenvalue weighted by atomic mass is 9.94. The van der Waals surface area contributed by atoms with Crippen molar-refractivity contribution in [3.63, 3.8) is 0 Å². The quantitative estimate of drug-likeness (QED) is 0.868. The number of nitrogens with one attached hydrogen (secondary N) is 1. The van der Waals surface area contributed by atoms with E-state index in [-0.39, 0.29) is 11.9 Å². The van der Waals surface area contributed by atoms with Gasteiger partial charge in [-0.3, -0.25) is 4.79 Å². The molecular formula is C19H20N2O2. The first-order chi connectivity index (χ1) is 11.2. The van der Waals surface area contributed by atoms with Crippen LogP contribution >= 0.6 is 0 Å². The molecule has 3 aliphatic heterocycles. The van der Waals surface area contributed by atoms with Crippen molar-refractivity contribution < 1.29 is 9.21 Å². The van der Waals surface area contributed by atoms with E-state index < -0.39 is 0 Å². The number of carbonyl (C=O) groups is 1. The average molecular weight is 308 g/mol. The average Bonchev–Trinajstić information content (AvgIpc) is 2.76. The first-order valence-corrected chi connectivity index (χ1v) is 8.24. The van der Waals surface area contributed by atoms with Crippen LogP contribution in [0.2, 0.25) is 0 Å². The van der Waals surface area contributed by atoms with Crippen LogP contribution in [0.15, 0.2) is 28.9 Å².